The molecule has 3 rings (SSSR count). The molecule has 3 unspecified atom stereocenters. The van der Waals surface area contributed by atoms with Crippen LogP contribution in [0.15, 0.2) is 23.2 Å². The first kappa shape index (κ1) is 21.1. The summed E-state index contributed by atoms with van der Waals surface area (Å²) in [7, 11) is 1.71. The molecule has 1 heterocycles. The summed E-state index contributed by atoms with van der Waals surface area (Å²) in [6.07, 6.45) is 1.38. The van der Waals surface area contributed by atoms with Crippen LogP contribution < -0.4 is 15.4 Å². The number of fused-ring (bicyclic) bond motifs is 1. The number of benzene rings is 1. The highest BCUT2D eigenvalue weighted by Crippen LogP contribution is 2.52. The van der Waals surface area contributed by atoms with Crippen LogP contribution in [0.5, 0.6) is 5.75 Å². The fraction of sp³-hybridized carbons (Fsp3) is 0.611. The second kappa shape index (κ2) is 8.69. The van der Waals surface area contributed by atoms with Crippen LogP contribution >= 0.6 is 24.0 Å². The van der Waals surface area contributed by atoms with E-state index in [1.807, 2.05) is 0 Å². The van der Waals surface area contributed by atoms with Crippen molar-refractivity contribution in [2.45, 2.75) is 32.4 Å². The van der Waals surface area contributed by atoms with Gasteiger partial charge in [0, 0.05) is 37.1 Å². The van der Waals surface area contributed by atoms with E-state index in [1.54, 1.807) is 7.05 Å². The highest BCUT2D eigenvalue weighted by atomic mass is 127. The molecule has 2 aliphatic rings. The van der Waals surface area contributed by atoms with Crippen LogP contribution in [0, 0.1) is 23.0 Å². The van der Waals surface area contributed by atoms with Gasteiger partial charge in [0.25, 0.3) is 0 Å². The number of aliphatic imine (C=N–C) groups is 1. The average Bonchev–Trinajstić information content (AvgIpc) is 3.03. The first-order chi connectivity index (χ1) is 11.9. The second-order valence-corrected chi connectivity index (χ2v) is 7.11. The van der Waals surface area contributed by atoms with Gasteiger partial charge < -0.3 is 20.1 Å². The van der Waals surface area contributed by atoms with Crippen molar-refractivity contribution in [3.63, 3.8) is 0 Å². The van der Waals surface area contributed by atoms with Crippen molar-refractivity contribution in [3.05, 3.63) is 29.8 Å². The minimum absolute atomic E-state index is 0. The lowest BCUT2D eigenvalue weighted by atomic mass is 9.57. The zero-order chi connectivity index (χ0) is 18.0. The first-order valence-electron chi connectivity index (χ1n) is 8.60. The number of nitrogens with zero attached hydrogens (tertiary/aromatic N) is 1. The van der Waals surface area contributed by atoms with Crippen molar-refractivity contribution in [1.82, 2.24) is 10.6 Å². The van der Waals surface area contributed by atoms with Crippen LogP contribution in [-0.2, 0) is 4.74 Å². The van der Waals surface area contributed by atoms with Gasteiger partial charge in [0.05, 0.1) is 12.6 Å². The normalized spacial score (nSPS) is 26.3. The number of halogens is 3. The van der Waals surface area contributed by atoms with Gasteiger partial charge in [0.15, 0.2) is 17.5 Å². The quantitative estimate of drug-likeness (QED) is 0.294. The van der Waals surface area contributed by atoms with Crippen molar-refractivity contribution in [2.75, 3.05) is 26.8 Å². The molecule has 0 amide bonds. The predicted molar refractivity (Wildman–Crippen MR) is 107 cm³/mol. The van der Waals surface area contributed by atoms with E-state index in [9.17, 15) is 8.78 Å². The summed E-state index contributed by atoms with van der Waals surface area (Å²) in [5, 5.41) is 6.63. The molecule has 5 nitrogen and oxygen atoms in total. The van der Waals surface area contributed by atoms with Gasteiger partial charge in [-0.25, -0.2) is 8.78 Å². The van der Waals surface area contributed by atoms with Gasteiger partial charge in [-0.1, -0.05) is 13.8 Å². The maximum Gasteiger partial charge on any atom is 0.191 e. The maximum atomic E-state index is 13.5. The molecule has 2 N–H and O–H groups in total. The largest absolute Gasteiger partial charge is 0.489 e. The van der Waals surface area contributed by atoms with Crippen LogP contribution in [0.4, 0.5) is 8.78 Å². The Morgan fingerprint density at radius 1 is 1.38 bits per heavy atom. The molecule has 0 aromatic heterocycles. The Bertz CT molecular complexity index is 657. The lowest BCUT2D eigenvalue weighted by molar-refractivity contribution is -0.106. The molecule has 1 aliphatic heterocycles. The second-order valence-electron chi connectivity index (χ2n) is 7.11. The van der Waals surface area contributed by atoms with Crippen molar-refractivity contribution >= 4 is 29.9 Å². The molecule has 0 radical (unpaired) electrons. The Balaban J connectivity index is 0.00000243. The molecule has 3 atom stereocenters. The zero-order valence-corrected chi connectivity index (χ0v) is 17.6. The maximum absolute atomic E-state index is 13.5. The molecule has 8 heteroatoms. The Labute approximate surface area is 169 Å². The summed E-state index contributed by atoms with van der Waals surface area (Å²) < 4.78 is 37.5. The van der Waals surface area contributed by atoms with Crippen LogP contribution in [0.1, 0.15) is 20.3 Å². The number of ether oxygens (including phenoxy) is 2. The van der Waals surface area contributed by atoms with Gasteiger partial charge in [-0.15, -0.1) is 24.0 Å². The lowest BCUT2D eigenvalue weighted by Crippen LogP contribution is -2.68. The molecule has 1 aromatic rings. The first-order valence-corrected chi connectivity index (χ1v) is 8.60. The van der Waals surface area contributed by atoms with Gasteiger partial charge >= 0.3 is 0 Å². The number of hydrogen-bond donors (Lipinski definition) is 2. The highest BCUT2D eigenvalue weighted by Gasteiger charge is 2.59. The lowest BCUT2D eigenvalue weighted by Gasteiger charge is -2.54. The summed E-state index contributed by atoms with van der Waals surface area (Å²) in [4.78, 5) is 4.24. The van der Waals surface area contributed by atoms with Gasteiger partial charge in [-0.3, -0.25) is 4.99 Å². The minimum atomic E-state index is -0.703. The Morgan fingerprint density at radius 3 is 2.85 bits per heavy atom. The Hall–Kier alpha value is -1.16. The predicted octanol–water partition coefficient (Wildman–Crippen LogP) is 2.94. The smallest absolute Gasteiger partial charge is 0.191 e. The van der Waals surface area contributed by atoms with Crippen LogP contribution in [0.3, 0.4) is 0 Å². The topological polar surface area (TPSA) is 54.9 Å². The van der Waals surface area contributed by atoms with E-state index in [1.165, 1.54) is 12.1 Å². The minimum Gasteiger partial charge on any atom is -0.489 e. The molecule has 1 aliphatic carbocycles. The van der Waals surface area contributed by atoms with E-state index in [4.69, 9.17) is 9.47 Å². The van der Waals surface area contributed by atoms with Gasteiger partial charge in [-0.2, -0.15) is 0 Å². The number of nitrogens with one attached hydrogen (secondary N) is 2. The third-order valence-electron chi connectivity index (χ3n) is 5.16. The van der Waals surface area contributed by atoms with E-state index in [0.717, 1.165) is 19.1 Å². The van der Waals surface area contributed by atoms with Crippen molar-refractivity contribution in [1.29, 1.82) is 0 Å². The zero-order valence-electron chi connectivity index (χ0n) is 15.2. The van der Waals surface area contributed by atoms with Gasteiger partial charge in [-0.05, 0) is 18.6 Å². The van der Waals surface area contributed by atoms with E-state index in [2.05, 4.69) is 29.5 Å². The summed E-state index contributed by atoms with van der Waals surface area (Å²) in [5.41, 5.74) is 0.0620. The Morgan fingerprint density at radius 2 is 2.15 bits per heavy atom. The number of guanidine groups is 1. The molecule has 1 saturated carbocycles. The molecule has 146 valence electrons. The van der Waals surface area contributed by atoms with Gasteiger partial charge in [0.1, 0.15) is 12.4 Å². The molecule has 26 heavy (non-hydrogen) atoms. The molecular formula is C18H26F2IN3O2. The van der Waals surface area contributed by atoms with Crippen molar-refractivity contribution < 1.29 is 18.3 Å². The van der Waals surface area contributed by atoms with E-state index in [-0.39, 0.29) is 41.7 Å². The van der Waals surface area contributed by atoms with Crippen LogP contribution in [0.25, 0.3) is 0 Å². The number of rotatable bonds is 5. The molecule has 1 saturated heterocycles. The molecule has 1 aromatic carbocycles. The Kier molecular flexibility index (Phi) is 7.06. The highest BCUT2D eigenvalue weighted by molar-refractivity contribution is 14.0. The van der Waals surface area contributed by atoms with Crippen LogP contribution in [-0.4, -0.2) is 44.9 Å². The van der Waals surface area contributed by atoms with E-state index >= 15 is 0 Å². The summed E-state index contributed by atoms with van der Waals surface area (Å²) in [6, 6.07) is 3.57. The molecule has 2 fully saturated rings. The molecule has 0 bridgehead atoms. The summed E-state index contributed by atoms with van der Waals surface area (Å²) in [5.74, 6) is -0.0854. The third kappa shape index (κ3) is 4.21. The number of hydrogen-bond acceptors (Lipinski definition) is 3. The SMILES string of the molecule is CN=C(NCCOc1ccc(F)cc1F)NC1C2CCOC2C1(C)C.I. The fourth-order valence-electron chi connectivity index (χ4n) is 3.88. The van der Waals surface area contributed by atoms with Crippen LogP contribution in [0.2, 0.25) is 0 Å². The van der Waals surface area contributed by atoms with Crippen molar-refractivity contribution in [3.8, 4) is 5.75 Å². The van der Waals surface area contributed by atoms with Crippen molar-refractivity contribution in [2.24, 2.45) is 16.3 Å². The third-order valence-corrected chi connectivity index (χ3v) is 5.16. The monoisotopic (exact) mass is 481 g/mol. The standard InChI is InChI=1S/C18H25F2N3O2.HI/c1-18(2)15(12-6-8-25-16(12)18)23-17(21-3)22-7-9-24-14-5-4-11(19)10-13(14)20;/h4-5,10,12,15-16H,6-9H2,1-3H3,(H2,21,22,23);1H. The molecular weight excluding hydrogens is 455 g/mol. The summed E-state index contributed by atoms with van der Waals surface area (Å²) in [6.45, 7) is 5.91. The van der Waals surface area contributed by atoms with E-state index < -0.39 is 11.6 Å². The van der Waals surface area contributed by atoms with E-state index in [0.29, 0.717) is 30.6 Å². The average molecular weight is 481 g/mol. The molecule has 0 spiro atoms. The summed E-state index contributed by atoms with van der Waals surface area (Å²) >= 11 is 0. The van der Waals surface area contributed by atoms with Gasteiger partial charge in [0.2, 0.25) is 0 Å². The fourth-order valence-corrected chi connectivity index (χ4v) is 3.88.